The first-order valence-corrected chi connectivity index (χ1v) is 5.61. The van der Waals surface area contributed by atoms with Crippen LogP contribution in [0.15, 0.2) is 30.3 Å². The summed E-state index contributed by atoms with van der Waals surface area (Å²) < 4.78 is 0. The molecule has 5 heteroatoms. The van der Waals surface area contributed by atoms with E-state index in [-0.39, 0.29) is 10.6 Å². The number of hydrogen-bond acceptors (Lipinski definition) is 4. The van der Waals surface area contributed by atoms with E-state index in [2.05, 4.69) is 5.32 Å². The van der Waals surface area contributed by atoms with Crippen molar-refractivity contribution >= 4 is 27.8 Å². The number of rotatable bonds is 3. The molecule has 0 fully saturated rings. The van der Waals surface area contributed by atoms with E-state index in [1.165, 1.54) is 0 Å². The molecule has 0 amide bonds. The average molecular weight is 245 g/mol. The molecule has 18 heavy (non-hydrogen) atoms. The molecular weight excluding hydrogens is 230 g/mol. The van der Waals surface area contributed by atoms with E-state index in [0.29, 0.717) is 5.39 Å². The lowest BCUT2D eigenvalue weighted by molar-refractivity contribution is -0.383. The summed E-state index contributed by atoms with van der Waals surface area (Å²) in [6.07, 6.45) is 0. The maximum atomic E-state index is 11.1. The van der Waals surface area contributed by atoms with E-state index >= 15 is 0 Å². The molecule has 1 N–H and O–H groups in total. The highest BCUT2D eigenvalue weighted by atomic mass is 16.6. The Morgan fingerprint density at radius 1 is 1.22 bits per heavy atom. The van der Waals surface area contributed by atoms with Crippen LogP contribution in [0.25, 0.3) is 10.8 Å². The van der Waals surface area contributed by atoms with Crippen LogP contribution >= 0.6 is 0 Å². The summed E-state index contributed by atoms with van der Waals surface area (Å²) in [6.45, 7) is 0. The molecule has 0 spiro atoms. The van der Waals surface area contributed by atoms with Crippen LogP contribution in [0, 0.1) is 10.1 Å². The third-order valence-corrected chi connectivity index (χ3v) is 2.94. The summed E-state index contributed by atoms with van der Waals surface area (Å²) >= 11 is 0. The lowest BCUT2D eigenvalue weighted by atomic mass is 10.0. The SMILES string of the molecule is CNc1cccc2c([N+](=O)[O-])ccc(N(C)C)c12. The van der Waals surface area contributed by atoms with E-state index in [4.69, 9.17) is 0 Å². The quantitative estimate of drug-likeness (QED) is 0.667. The van der Waals surface area contributed by atoms with Crippen LogP contribution < -0.4 is 10.2 Å². The van der Waals surface area contributed by atoms with Gasteiger partial charge in [0.1, 0.15) is 0 Å². The number of nitrogens with zero attached hydrogens (tertiary/aromatic N) is 2. The predicted molar refractivity (Wildman–Crippen MR) is 74.5 cm³/mol. The topological polar surface area (TPSA) is 58.4 Å². The fourth-order valence-corrected chi connectivity index (χ4v) is 2.11. The van der Waals surface area contributed by atoms with E-state index in [0.717, 1.165) is 16.8 Å². The van der Waals surface area contributed by atoms with Crippen molar-refractivity contribution in [2.75, 3.05) is 31.4 Å². The Balaban J connectivity index is 2.90. The zero-order chi connectivity index (χ0) is 13.3. The third kappa shape index (κ3) is 1.84. The van der Waals surface area contributed by atoms with Crippen LogP contribution in [0.1, 0.15) is 0 Å². The molecule has 0 bridgehead atoms. The molecule has 0 saturated heterocycles. The van der Waals surface area contributed by atoms with Gasteiger partial charge in [-0.1, -0.05) is 6.07 Å². The van der Waals surface area contributed by atoms with Crippen LogP contribution in [0.2, 0.25) is 0 Å². The number of fused-ring (bicyclic) bond motifs is 1. The van der Waals surface area contributed by atoms with Crippen molar-refractivity contribution in [3.05, 3.63) is 40.4 Å². The molecule has 0 aliphatic rings. The van der Waals surface area contributed by atoms with Crippen molar-refractivity contribution in [2.24, 2.45) is 0 Å². The van der Waals surface area contributed by atoms with Crippen molar-refractivity contribution in [3.8, 4) is 0 Å². The fourth-order valence-electron chi connectivity index (χ4n) is 2.11. The van der Waals surface area contributed by atoms with Gasteiger partial charge in [0.15, 0.2) is 0 Å². The van der Waals surface area contributed by atoms with Crippen LogP contribution in [0.3, 0.4) is 0 Å². The average Bonchev–Trinajstić information content (AvgIpc) is 2.36. The predicted octanol–water partition coefficient (Wildman–Crippen LogP) is 2.86. The van der Waals surface area contributed by atoms with E-state index < -0.39 is 0 Å². The number of nitro groups is 1. The van der Waals surface area contributed by atoms with Gasteiger partial charge in [0.05, 0.1) is 10.3 Å². The number of benzene rings is 2. The molecule has 0 saturated carbocycles. The fraction of sp³-hybridized carbons (Fsp3) is 0.231. The Kier molecular flexibility index (Phi) is 3.06. The normalized spacial score (nSPS) is 10.4. The van der Waals surface area contributed by atoms with E-state index in [1.807, 2.05) is 38.2 Å². The van der Waals surface area contributed by atoms with Crippen LogP contribution in [0.4, 0.5) is 17.1 Å². The maximum Gasteiger partial charge on any atom is 0.277 e. The maximum absolute atomic E-state index is 11.1. The largest absolute Gasteiger partial charge is 0.388 e. The zero-order valence-corrected chi connectivity index (χ0v) is 10.6. The second kappa shape index (κ2) is 4.52. The second-order valence-corrected chi connectivity index (χ2v) is 4.23. The Morgan fingerprint density at radius 3 is 2.50 bits per heavy atom. The number of non-ortho nitro benzene ring substituents is 1. The van der Waals surface area contributed by atoms with Gasteiger partial charge in [-0.25, -0.2) is 0 Å². The van der Waals surface area contributed by atoms with Crippen LogP contribution in [0.5, 0.6) is 0 Å². The highest BCUT2D eigenvalue weighted by Gasteiger charge is 2.17. The smallest absolute Gasteiger partial charge is 0.277 e. The molecule has 0 unspecified atom stereocenters. The number of anilines is 2. The minimum absolute atomic E-state index is 0.132. The van der Waals surface area contributed by atoms with Gasteiger partial charge in [0.2, 0.25) is 0 Å². The second-order valence-electron chi connectivity index (χ2n) is 4.23. The molecule has 2 rings (SSSR count). The first-order valence-electron chi connectivity index (χ1n) is 5.61. The van der Waals surface area contributed by atoms with E-state index in [1.54, 1.807) is 18.2 Å². The minimum atomic E-state index is -0.346. The van der Waals surface area contributed by atoms with Gasteiger partial charge in [-0.05, 0) is 18.2 Å². The standard InChI is InChI=1S/C13H15N3O2/c1-14-10-6-4-5-9-11(16(17)18)7-8-12(13(9)10)15(2)3/h4-8,14H,1-3H3. The Labute approximate surface area is 105 Å². The highest BCUT2D eigenvalue weighted by molar-refractivity contribution is 6.07. The summed E-state index contributed by atoms with van der Waals surface area (Å²) in [5.41, 5.74) is 1.98. The summed E-state index contributed by atoms with van der Waals surface area (Å²) in [7, 11) is 5.66. The van der Waals surface area contributed by atoms with Crippen molar-refractivity contribution in [3.63, 3.8) is 0 Å². The number of nitro benzene ring substituents is 1. The Bertz CT molecular complexity index is 608. The highest BCUT2D eigenvalue weighted by Crippen LogP contribution is 2.37. The first kappa shape index (κ1) is 12.2. The molecule has 2 aromatic rings. The van der Waals surface area contributed by atoms with Gasteiger partial charge in [-0.2, -0.15) is 0 Å². The van der Waals surface area contributed by atoms with Gasteiger partial charge in [-0.15, -0.1) is 0 Å². The van der Waals surface area contributed by atoms with Gasteiger partial charge >= 0.3 is 0 Å². The Morgan fingerprint density at radius 2 is 1.94 bits per heavy atom. The summed E-state index contributed by atoms with van der Waals surface area (Å²) in [5, 5.41) is 15.7. The van der Waals surface area contributed by atoms with Gasteiger partial charge in [0, 0.05) is 44.0 Å². The zero-order valence-electron chi connectivity index (χ0n) is 10.6. The first-order chi connectivity index (χ1) is 8.56. The van der Waals surface area contributed by atoms with E-state index in [9.17, 15) is 10.1 Å². The van der Waals surface area contributed by atoms with Crippen molar-refractivity contribution in [1.29, 1.82) is 0 Å². The molecule has 2 aromatic carbocycles. The van der Waals surface area contributed by atoms with Gasteiger partial charge in [-0.3, -0.25) is 10.1 Å². The molecule has 0 aliphatic heterocycles. The monoisotopic (exact) mass is 245 g/mol. The minimum Gasteiger partial charge on any atom is -0.388 e. The van der Waals surface area contributed by atoms with Crippen LogP contribution in [-0.4, -0.2) is 26.1 Å². The summed E-state index contributed by atoms with van der Waals surface area (Å²) in [6, 6.07) is 8.85. The molecule has 5 nitrogen and oxygen atoms in total. The lowest BCUT2D eigenvalue weighted by Gasteiger charge is -2.17. The van der Waals surface area contributed by atoms with Crippen LogP contribution in [-0.2, 0) is 0 Å². The van der Waals surface area contributed by atoms with Gasteiger partial charge < -0.3 is 10.2 Å². The molecular formula is C13H15N3O2. The molecule has 0 heterocycles. The molecule has 0 aliphatic carbocycles. The molecule has 94 valence electrons. The Hall–Kier alpha value is -2.30. The third-order valence-electron chi connectivity index (χ3n) is 2.94. The lowest BCUT2D eigenvalue weighted by Crippen LogP contribution is -2.10. The van der Waals surface area contributed by atoms with Crippen molar-refractivity contribution < 1.29 is 4.92 Å². The number of hydrogen-bond donors (Lipinski definition) is 1. The molecule has 0 atom stereocenters. The number of nitrogens with one attached hydrogen (secondary N) is 1. The molecule has 0 radical (unpaired) electrons. The van der Waals surface area contributed by atoms with Crippen molar-refractivity contribution in [1.82, 2.24) is 0 Å². The summed E-state index contributed by atoms with van der Waals surface area (Å²) in [5.74, 6) is 0. The molecule has 0 aromatic heterocycles. The van der Waals surface area contributed by atoms with Crippen molar-refractivity contribution in [2.45, 2.75) is 0 Å². The summed E-state index contributed by atoms with van der Waals surface area (Å²) in [4.78, 5) is 12.7. The van der Waals surface area contributed by atoms with Gasteiger partial charge in [0.25, 0.3) is 5.69 Å².